The molecule has 0 aromatic heterocycles. The van der Waals surface area contributed by atoms with Crippen LogP contribution in [0.1, 0.15) is 11.1 Å². The maximum absolute atomic E-state index is 12.7. The number of hydrogen-bond donors (Lipinski definition) is 1. The van der Waals surface area contributed by atoms with Gasteiger partial charge in [-0.25, -0.2) is 0 Å². The Kier molecular flexibility index (Phi) is 7.67. The quantitative estimate of drug-likeness (QED) is 0.235. The van der Waals surface area contributed by atoms with E-state index in [2.05, 4.69) is 5.32 Å². The summed E-state index contributed by atoms with van der Waals surface area (Å²) in [6, 6.07) is 19.6. The third-order valence-corrected chi connectivity index (χ3v) is 6.26. The number of thioether (sulfide) groups is 1. The van der Waals surface area contributed by atoms with Crippen LogP contribution in [-0.4, -0.2) is 33.4 Å². The van der Waals surface area contributed by atoms with E-state index in [0.717, 1.165) is 16.7 Å². The molecule has 1 saturated heterocycles. The molecule has 1 fully saturated rings. The lowest BCUT2D eigenvalue weighted by Gasteiger charge is -2.13. The van der Waals surface area contributed by atoms with Gasteiger partial charge in [0.2, 0.25) is 5.91 Å². The normalized spacial score (nSPS) is 14.2. The molecule has 4 rings (SSSR count). The van der Waals surface area contributed by atoms with E-state index < -0.39 is 28.5 Å². The van der Waals surface area contributed by atoms with Crippen LogP contribution in [-0.2, 0) is 16.2 Å². The number of halogens is 1. The highest BCUT2D eigenvalue weighted by molar-refractivity contribution is 8.18. The van der Waals surface area contributed by atoms with Crippen molar-refractivity contribution in [3.63, 3.8) is 0 Å². The first kappa shape index (κ1) is 25.0. The van der Waals surface area contributed by atoms with Gasteiger partial charge in [-0.1, -0.05) is 48.0 Å². The molecule has 9 nitrogen and oxygen atoms in total. The number of hydrogen-bond acceptors (Lipinski definition) is 7. The molecule has 11 heteroatoms. The summed E-state index contributed by atoms with van der Waals surface area (Å²) in [5, 5.41) is 13.3. The Morgan fingerprint density at radius 3 is 2.56 bits per heavy atom. The summed E-state index contributed by atoms with van der Waals surface area (Å²) in [4.78, 5) is 48.9. The van der Waals surface area contributed by atoms with Crippen LogP contribution < -0.4 is 10.1 Å². The average Bonchev–Trinajstić information content (AvgIpc) is 3.12. The van der Waals surface area contributed by atoms with Gasteiger partial charge in [-0.2, -0.15) is 0 Å². The Hall–Kier alpha value is -4.15. The fourth-order valence-corrected chi connectivity index (χ4v) is 4.29. The minimum atomic E-state index is -0.565. The molecule has 3 amide bonds. The number of nitrogens with one attached hydrogen (secondary N) is 1. The minimum Gasteiger partial charge on any atom is -0.489 e. The molecule has 0 atom stereocenters. The highest BCUT2D eigenvalue weighted by Crippen LogP contribution is 2.32. The smallest absolute Gasteiger partial charge is 0.294 e. The molecule has 0 spiro atoms. The van der Waals surface area contributed by atoms with Crippen molar-refractivity contribution < 1.29 is 24.0 Å². The van der Waals surface area contributed by atoms with Gasteiger partial charge < -0.3 is 10.1 Å². The van der Waals surface area contributed by atoms with Crippen LogP contribution in [0.3, 0.4) is 0 Å². The van der Waals surface area contributed by atoms with Gasteiger partial charge in [0, 0.05) is 12.1 Å². The highest BCUT2D eigenvalue weighted by Gasteiger charge is 2.36. The van der Waals surface area contributed by atoms with Crippen molar-refractivity contribution in [2.24, 2.45) is 0 Å². The number of carbonyl (C=O) groups is 3. The molecule has 0 aliphatic carbocycles. The molecule has 36 heavy (non-hydrogen) atoms. The Morgan fingerprint density at radius 2 is 1.83 bits per heavy atom. The number of amides is 3. The third kappa shape index (κ3) is 6.09. The highest BCUT2D eigenvalue weighted by atomic mass is 35.5. The van der Waals surface area contributed by atoms with Crippen LogP contribution >= 0.6 is 23.4 Å². The number of imide groups is 1. The van der Waals surface area contributed by atoms with Crippen LogP contribution in [0.25, 0.3) is 6.08 Å². The van der Waals surface area contributed by atoms with E-state index >= 15 is 0 Å². The molecule has 0 radical (unpaired) electrons. The van der Waals surface area contributed by atoms with Gasteiger partial charge in [-0.3, -0.25) is 29.4 Å². The number of non-ortho nitro benzene ring substituents is 1. The number of rotatable bonds is 8. The first-order chi connectivity index (χ1) is 17.3. The van der Waals surface area contributed by atoms with Crippen molar-refractivity contribution in [2.45, 2.75) is 6.61 Å². The molecular weight excluding hydrogens is 506 g/mol. The zero-order chi connectivity index (χ0) is 25.7. The lowest BCUT2D eigenvalue weighted by molar-refractivity contribution is -0.384. The Labute approximate surface area is 214 Å². The number of ether oxygens (including phenoxy) is 1. The van der Waals surface area contributed by atoms with E-state index in [1.54, 1.807) is 66.7 Å². The topological polar surface area (TPSA) is 119 Å². The van der Waals surface area contributed by atoms with Crippen LogP contribution in [0.2, 0.25) is 5.02 Å². The lowest BCUT2D eigenvalue weighted by atomic mass is 10.2. The second kappa shape index (κ2) is 11.1. The molecule has 3 aromatic rings. The Balaban J connectivity index is 1.36. The zero-order valence-corrected chi connectivity index (χ0v) is 20.1. The average molecular weight is 524 g/mol. The van der Waals surface area contributed by atoms with Gasteiger partial charge in [0.1, 0.15) is 18.9 Å². The molecule has 1 aliphatic heterocycles. The SMILES string of the molecule is O=C(CN1C(=O)S/C(=C/c2ccc(OCc3cccc([N+](=O)[O-])c3)cc2)C1=O)Nc1ccccc1Cl. The number of anilines is 1. The third-order valence-electron chi connectivity index (χ3n) is 5.03. The minimum absolute atomic E-state index is 0.0123. The van der Waals surface area contributed by atoms with Crippen LogP contribution in [0, 0.1) is 10.1 Å². The molecule has 1 heterocycles. The molecule has 0 unspecified atom stereocenters. The van der Waals surface area contributed by atoms with E-state index in [-0.39, 0.29) is 17.2 Å². The maximum atomic E-state index is 12.7. The van der Waals surface area contributed by atoms with Crippen LogP contribution in [0.5, 0.6) is 5.75 Å². The number of nitro groups is 1. The number of nitro benzene ring substituents is 1. The summed E-state index contributed by atoms with van der Waals surface area (Å²) in [6.45, 7) is -0.284. The molecule has 1 N–H and O–H groups in total. The fourth-order valence-electron chi connectivity index (χ4n) is 3.27. The second-order valence-corrected chi connectivity index (χ2v) is 8.98. The number of benzene rings is 3. The Morgan fingerprint density at radius 1 is 1.08 bits per heavy atom. The van der Waals surface area contributed by atoms with Crippen molar-refractivity contribution in [3.05, 3.63) is 104 Å². The van der Waals surface area contributed by atoms with E-state index in [4.69, 9.17) is 16.3 Å². The monoisotopic (exact) mass is 523 g/mol. The van der Waals surface area contributed by atoms with Gasteiger partial charge in [0.05, 0.1) is 20.5 Å². The van der Waals surface area contributed by atoms with Crippen molar-refractivity contribution >= 4 is 57.9 Å². The van der Waals surface area contributed by atoms with Crippen molar-refractivity contribution in [3.8, 4) is 5.75 Å². The van der Waals surface area contributed by atoms with Gasteiger partial charge >= 0.3 is 0 Å². The fraction of sp³-hybridized carbons (Fsp3) is 0.0800. The van der Waals surface area contributed by atoms with E-state index in [0.29, 0.717) is 27.6 Å². The summed E-state index contributed by atoms with van der Waals surface area (Å²) in [5.41, 5.74) is 1.69. The molecule has 0 bridgehead atoms. The standard InChI is InChI=1S/C25H18ClN3O6S/c26-20-6-1-2-7-21(20)27-23(30)14-28-24(31)22(36-25(28)32)13-16-8-10-19(11-9-16)35-15-17-4-3-5-18(12-17)29(33)34/h1-13H,14-15H2,(H,27,30)/b22-13+. The van der Waals surface area contributed by atoms with Crippen molar-refractivity contribution in [1.82, 2.24) is 4.90 Å². The summed E-state index contributed by atoms with van der Waals surface area (Å²) >= 11 is 6.78. The first-order valence-electron chi connectivity index (χ1n) is 10.6. The molecule has 3 aromatic carbocycles. The van der Waals surface area contributed by atoms with Crippen molar-refractivity contribution in [2.75, 3.05) is 11.9 Å². The molecule has 0 saturated carbocycles. The summed E-state index contributed by atoms with van der Waals surface area (Å²) in [6.07, 6.45) is 1.56. The van der Waals surface area contributed by atoms with Crippen LogP contribution in [0.15, 0.2) is 77.7 Å². The van der Waals surface area contributed by atoms with Gasteiger partial charge in [0.15, 0.2) is 0 Å². The van der Waals surface area contributed by atoms with E-state index in [1.807, 2.05) is 0 Å². The molecular formula is C25H18ClN3O6S. The van der Waals surface area contributed by atoms with Crippen molar-refractivity contribution in [1.29, 1.82) is 0 Å². The number of para-hydroxylation sites is 1. The number of carbonyl (C=O) groups excluding carboxylic acids is 3. The predicted molar refractivity (Wildman–Crippen MR) is 137 cm³/mol. The summed E-state index contributed by atoms with van der Waals surface area (Å²) in [7, 11) is 0. The first-order valence-corrected chi connectivity index (χ1v) is 11.8. The summed E-state index contributed by atoms with van der Waals surface area (Å²) < 4.78 is 5.68. The van der Waals surface area contributed by atoms with E-state index in [1.165, 1.54) is 12.1 Å². The van der Waals surface area contributed by atoms with Crippen LogP contribution in [0.4, 0.5) is 16.2 Å². The van der Waals surface area contributed by atoms with Gasteiger partial charge in [-0.05, 0) is 53.2 Å². The maximum Gasteiger partial charge on any atom is 0.294 e. The Bertz CT molecular complexity index is 1380. The van der Waals surface area contributed by atoms with Gasteiger partial charge in [-0.15, -0.1) is 0 Å². The molecule has 1 aliphatic rings. The number of nitrogens with zero attached hydrogens (tertiary/aromatic N) is 2. The summed E-state index contributed by atoms with van der Waals surface area (Å²) in [5.74, 6) is -0.579. The zero-order valence-electron chi connectivity index (χ0n) is 18.5. The van der Waals surface area contributed by atoms with Gasteiger partial charge in [0.25, 0.3) is 16.8 Å². The largest absolute Gasteiger partial charge is 0.489 e. The second-order valence-electron chi connectivity index (χ2n) is 7.58. The van der Waals surface area contributed by atoms with E-state index in [9.17, 15) is 24.5 Å². The predicted octanol–water partition coefficient (Wildman–Crippen LogP) is 5.50. The lowest BCUT2D eigenvalue weighted by Crippen LogP contribution is -2.36. The molecule has 182 valence electrons.